The van der Waals surface area contributed by atoms with E-state index in [9.17, 15) is 13.6 Å². The van der Waals surface area contributed by atoms with Crippen molar-refractivity contribution in [2.45, 2.75) is 12.7 Å². The zero-order valence-electron chi connectivity index (χ0n) is 12.6. The molecule has 8 heteroatoms. The van der Waals surface area contributed by atoms with E-state index in [4.69, 9.17) is 16.3 Å². The van der Waals surface area contributed by atoms with Crippen LogP contribution in [-0.2, 0) is 6.54 Å². The molecule has 0 aliphatic rings. The maximum atomic E-state index is 12.8. The molecule has 0 saturated carbocycles. The van der Waals surface area contributed by atoms with Crippen LogP contribution in [0.15, 0.2) is 42.6 Å². The normalized spacial score (nSPS) is 11.6. The van der Waals surface area contributed by atoms with Crippen molar-refractivity contribution < 1.29 is 18.3 Å². The molecule has 2 aromatic rings. The van der Waals surface area contributed by atoms with Gasteiger partial charge in [-0.05, 0) is 29.8 Å². The number of carbonyl (C=O) groups is 1. The van der Waals surface area contributed by atoms with Crippen LogP contribution < -0.4 is 15.4 Å². The average molecular weight is 356 g/mol. The quantitative estimate of drug-likeness (QED) is 0.795. The first-order valence-electron chi connectivity index (χ1n) is 7.15. The number of nitrogens with one attached hydrogen (secondary N) is 2. The lowest BCUT2D eigenvalue weighted by Gasteiger charge is -2.10. The summed E-state index contributed by atoms with van der Waals surface area (Å²) in [7, 11) is 0. The smallest absolute Gasteiger partial charge is 0.319 e. The number of anilines is 1. The molecule has 0 fully saturated rings. The summed E-state index contributed by atoms with van der Waals surface area (Å²) in [5, 5.41) is 5.82. The number of ether oxygens (including phenoxy) is 1. The molecule has 128 valence electrons. The van der Waals surface area contributed by atoms with Crippen molar-refractivity contribution in [1.82, 2.24) is 10.3 Å². The molecule has 0 aliphatic heterocycles. The number of aromatic nitrogens is 1. The molecule has 2 rings (SSSR count). The first-order valence-corrected chi connectivity index (χ1v) is 7.53. The molecular weight excluding hydrogens is 340 g/mol. The topological polar surface area (TPSA) is 63.2 Å². The standard InChI is InChI=1S/C16H16ClF2N3O2/c17-12-2-1-3-14(7-12)22-16(23)21-9-11-4-5-20-15(6-11)24-10-13(19)8-18/h1-7,13H,8-10H2,(H2,21,22,23)/t13-/m1/s1. The van der Waals surface area contributed by atoms with Gasteiger partial charge in [0.15, 0.2) is 6.17 Å². The third-order valence-electron chi connectivity index (χ3n) is 2.91. The highest BCUT2D eigenvalue weighted by atomic mass is 35.5. The Balaban J connectivity index is 1.84. The molecular formula is C16H16ClF2N3O2. The van der Waals surface area contributed by atoms with Crippen molar-refractivity contribution in [3.8, 4) is 5.88 Å². The van der Waals surface area contributed by atoms with Gasteiger partial charge in [-0.25, -0.2) is 18.6 Å². The Morgan fingerprint density at radius 1 is 1.33 bits per heavy atom. The van der Waals surface area contributed by atoms with E-state index in [0.29, 0.717) is 16.3 Å². The molecule has 2 amide bonds. The molecule has 1 aromatic heterocycles. The number of hydrogen-bond donors (Lipinski definition) is 2. The van der Waals surface area contributed by atoms with E-state index in [0.717, 1.165) is 0 Å². The number of amides is 2. The molecule has 24 heavy (non-hydrogen) atoms. The van der Waals surface area contributed by atoms with E-state index in [-0.39, 0.29) is 12.4 Å². The first-order chi connectivity index (χ1) is 11.6. The van der Waals surface area contributed by atoms with E-state index < -0.39 is 25.5 Å². The summed E-state index contributed by atoms with van der Waals surface area (Å²) in [6, 6.07) is 9.57. The fourth-order valence-electron chi connectivity index (χ4n) is 1.78. The summed E-state index contributed by atoms with van der Waals surface area (Å²) in [6.45, 7) is -1.30. The summed E-state index contributed by atoms with van der Waals surface area (Å²) >= 11 is 5.84. The van der Waals surface area contributed by atoms with Crippen molar-refractivity contribution in [2.24, 2.45) is 0 Å². The molecule has 0 aliphatic carbocycles. The predicted octanol–water partition coefficient (Wildman–Crippen LogP) is 3.74. The molecule has 0 radical (unpaired) electrons. The Kier molecular flexibility index (Phi) is 6.74. The van der Waals surface area contributed by atoms with E-state index in [1.54, 1.807) is 36.4 Å². The van der Waals surface area contributed by atoms with Gasteiger partial charge in [0, 0.05) is 29.5 Å². The van der Waals surface area contributed by atoms with E-state index in [1.165, 1.54) is 6.20 Å². The highest BCUT2D eigenvalue weighted by Gasteiger charge is 2.08. The summed E-state index contributed by atoms with van der Waals surface area (Å²) in [5.41, 5.74) is 1.27. The number of carbonyl (C=O) groups excluding carboxylic acids is 1. The van der Waals surface area contributed by atoms with Gasteiger partial charge in [0.25, 0.3) is 0 Å². The second-order valence-electron chi connectivity index (χ2n) is 4.88. The number of benzene rings is 1. The van der Waals surface area contributed by atoms with Crippen LogP contribution in [0.25, 0.3) is 0 Å². The fourth-order valence-corrected chi connectivity index (χ4v) is 1.97. The average Bonchev–Trinajstić information content (AvgIpc) is 2.58. The van der Waals surface area contributed by atoms with Gasteiger partial charge in [0.1, 0.15) is 13.3 Å². The molecule has 1 atom stereocenters. The zero-order chi connectivity index (χ0) is 17.4. The molecule has 0 bridgehead atoms. The number of nitrogens with zero attached hydrogens (tertiary/aromatic N) is 1. The fraction of sp³-hybridized carbons (Fsp3) is 0.250. The maximum absolute atomic E-state index is 12.8. The minimum Gasteiger partial charge on any atom is -0.474 e. The second kappa shape index (κ2) is 9.02. The number of pyridine rings is 1. The number of rotatable bonds is 7. The van der Waals surface area contributed by atoms with Crippen molar-refractivity contribution in [1.29, 1.82) is 0 Å². The zero-order valence-corrected chi connectivity index (χ0v) is 13.4. The minimum atomic E-state index is -1.68. The van der Waals surface area contributed by atoms with Crippen LogP contribution in [0.1, 0.15) is 5.56 Å². The maximum Gasteiger partial charge on any atom is 0.319 e. The lowest BCUT2D eigenvalue weighted by molar-refractivity contribution is 0.162. The third kappa shape index (κ3) is 6.00. The van der Waals surface area contributed by atoms with Crippen LogP contribution in [0, 0.1) is 0 Å². The largest absolute Gasteiger partial charge is 0.474 e. The van der Waals surface area contributed by atoms with Gasteiger partial charge < -0.3 is 15.4 Å². The third-order valence-corrected chi connectivity index (χ3v) is 3.15. The van der Waals surface area contributed by atoms with Crippen LogP contribution in [-0.4, -0.2) is 30.5 Å². The highest BCUT2D eigenvalue weighted by Crippen LogP contribution is 2.15. The summed E-state index contributed by atoms with van der Waals surface area (Å²) < 4.78 is 29.9. The van der Waals surface area contributed by atoms with Gasteiger partial charge in [-0.3, -0.25) is 0 Å². The Labute approximate surface area is 143 Å². The monoisotopic (exact) mass is 355 g/mol. The van der Waals surface area contributed by atoms with Gasteiger partial charge in [-0.2, -0.15) is 0 Å². The van der Waals surface area contributed by atoms with Crippen LogP contribution in [0.3, 0.4) is 0 Å². The van der Waals surface area contributed by atoms with Crippen LogP contribution in [0.2, 0.25) is 5.02 Å². The first kappa shape index (κ1) is 17.9. The second-order valence-corrected chi connectivity index (χ2v) is 5.32. The van der Waals surface area contributed by atoms with Crippen molar-refractivity contribution in [3.05, 3.63) is 53.2 Å². The SMILES string of the molecule is O=C(NCc1ccnc(OC[C@H](F)CF)c1)Nc1cccc(Cl)c1. The lowest BCUT2D eigenvalue weighted by Crippen LogP contribution is -2.28. The van der Waals surface area contributed by atoms with Gasteiger partial charge in [0.2, 0.25) is 5.88 Å². The number of urea groups is 1. The minimum absolute atomic E-state index is 0.167. The van der Waals surface area contributed by atoms with Gasteiger partial charge in [0.05, 0.1) is 0 Å². The van der Waals surface area contributed by atoms with Crippen molar-refractivity contribution in [3.63, 3.8) is 0 Å². The summed E-state index contributed by atoms with van der Waals surface area (Å²) in [5.74, 6) is 0.167. The Hall–Kier alpha value is -2.41. The molecule has 2 N–H and O–H groups in total. The summed E-state index contributed by atoms with van der Waals surface area (Å²) in [6.07, 6.45) is -0.221. The van der Waals surface area contributed by atoms with Gasteiger partial charge in [-0.15, -0.1) is 0 Å². The molecule has 1 aromatic carbocycles. The Bertz CT molecular complexity index is 688. The van der Waals surface area contributed by atoms with Gasteiger partial charge >= 0.3 is 6.03 Å². The molecule has 5 nitrogen and oxygen atoms in total. The summed E-state index contributed by atoms with van der Waals surface area (Å²) in [4.78, 5) is 15.7. The Morgan fingerprint density at radius 2 is 2.17 bits per heavy atom. The van der Waals surface area contributed by atoms with Crippen molar-refractivity contribution >= 4 is 23.3 Å². The van der Waals surface area contributed by atoms with Crippen LogP contribution in [0.5, 0.6) is 5.88 Å². The van der Waals surface area contributed by atoms with E-state index in [2.05, 4.69) is 15.6 Å². The lowest BCUT2D eigenvalue weighted by atomic mass is 10.2. The van der Waals surface area contributed by atoms with Crippen LogP contribution in [0.4, 0.5) is 19.3 Å². The van der Waals surface area contributed by atoms with Crippen molar-refractivity contribution in [2.75, 3.05) is 18.6 Å². The highest BCUT2D eigenvalue weighted by molar-refractivity contribution is 6.30. The predicted molar refractivity (Wildman–Crippen MR) is 87.9 cm³/mol. The Morgan fingerprint density at radius 3 is 2.92 bits per heavy atom. The van der Waals surface area contributed by atoms with E-state index in [1.807, 2.05) is 0 Å². The molecule has 0 spiro atoms. The molecule has 0 saturated heterocycles. The van der Waals surface area contributed by atoms with Gasteiger partial charge in [-0.1, -0.05) is 17.7 Å². The molecule has 0 unspecified atom stereocenters. The number of hydrogen-bond acceptors (Lipinski definition) is 3. The van der Waals surface area contributed by atoms with E-state index >= 15 is 0 Å². The van der Waals surface area contributed by atoms with Crippen LogP contribution >= 0.6 is 11.6 Å². The molecule has 1 heterocycles. The number of halogens is 3. The number of alkyl halides is 2.